The maximum atomic E-state index is 11.9. The normalized spacial score (nSPS) is 9.00. The molecule has 9 heteroatoms. The number of carbonyl (C=O) groups is 1. The van der Waals surface area contributed by atoms with E-state index in [1.165, 1.54) is 31.0 Å². The zero-order chi connectivity index (χ0) is 15.8. The zero-order valence-electron chi connectivity index (χ0n) is 11.1. The highest BCUT2D eigenvalue weighted by atomic mass is 16.1. The SMILES string of the molecule is N#CC(C#N)=NNc1ccc(C(=O)Nc2cncnc2)nc1. The number of aromatic nitrogens is 3. The van der Waals surface area contributed by atoms with Crippen LogP contribution in [0.3, 0.4) is 0 Å². The van der Waals surface area contributed by atoms with Gasteiger partial charge in [0.15, 0.2) is 0 Å². The predicted molar refractivity (Wildman–Crippen MR) is 76.5 cm³/mol. The predicted octanol–water partition coefficient (Wildman–Crippen LogP) is 0.939. The van der Waals surface area contributed by atoms with Gasteiger partial charge in [-0.05, 0) is 12.1 Å². The van der Waals surface area contributed by atoms with E-state index in [0.717, 1.165) is 0 Å². The smallest absolute Gasteiger partial charge is 0.274 e. The van der Waals surface area contributed by atoms with Crippen molar-refractivity contribution in [3.05, 3.63) is 42.7 Å². The summed E-state index contributed by atoms with van der Waals surface area (Å²) in [5.74, 6) is -0.417. The third-order valence-electron chi connectivity index (χ3n) is 2.32. The molecule has 0 fully saturated rings. The van der Waals surface area contributed by atoms with Crippen molar-refractivity contribution in [3.63, 3.8) is 0 Å². The number of rotatable bonds is 4. The lowest BCUT2D eigenvalue weighted by Gasteiger charge is -2.04. The molecule has 0 atom stereocenters. The number of hydrogen-bond acceptors (Lipinski definition) is 8. The Hall–Kier alpha value is -3.85. The van der Waals surface area contributed by atoms with Crippen molar-refractivity contribution >= 4 is 23.0 Å². The highest BCUT2D eigenvalue weighted by molar-refractivity contribution is 6.10. The van der Waals surface area contributed by atoms with Gasteiger partial charge in [-0.1, -0.05) is 0 Å². The molecule has 2 aromatic rings. The lowest BCUT2D eigenvalue weighted by Crippen LogP contribution is -2.13. The van der Waals surface area contributed by atoms with Gasteiger partial charge >= 0.3 is 0 Å². The summed E-state index contributed by atoms with van der Waals surface area (Å²) in [7, 11) is 0. The van der Waals surface area contributed by atoms with Crippen molar-refractivity contribution in [1.29, 1.82) is 10.5 Å². The number of amides is 1. The summed E-state index contributed by atoms with van der Waals surface area (Å²) in [6.07, 6.45) is 5.62. The van der Waals surface area contributed by atoms with E-state index in [1.807, 2.05) is 0 Å². The number of nitrogens with one attached hydrogen (secondary N) is 2. The third-order valence-corrected chi connectivity index (χ3v) is 2.32. The van der Waals surface area contributed by atoms with E-state index in [9.17, 15) is 4.79 Å². The molecule has 106 valence electrons. The number of carbonyl (C=O) groups excluding carboxylic acids is 1. The molecule has 0 saturated carbocycles. The number of nitrogens with zero attached hydrogens (tertiary/aromatic N) is 6. The monoisotopic (exact) mass is 292 g/mol. The molecule has 0 saturated heterocycles. The van der Waals surface area contributed by atoms with Crippen molar-refractivity contribution in [2.45, 2.75) is 0 Å². The molecule has 1 amide bonds. The van der Waals surface area contributed by atoms with Crippen molar-refractivity contribution in [2.24, 2.45) is 5.10 Å². The molecule has 0 aromatic carbocycles. The number of nitriles is 2. The number of pyridine rings is 1. The van der Waals surface area contributed by atoms with Gasteiger partial charge in [0.25, 0.3) is 5.91 Å². The summed E-state index contributed by atoms with van der Waals surface area (Å²) in [6, 6.07) is 6.23. The van der Waals surface area contributed by atoms with Crippen LogP contribution in [0.1, 0.15) is 10.5 Å². The van der Waals surface area contributed by atoms with Gasteiger partial charge < -0.3 is 5.32 Å². The first-order chi connectivity index (χ1) is 10.7. The summed E-state index contributed by atoms with van der Waals surface area (Å²) >= 11 is 0. The summed E-state index contributed by atoms with van der Waals surface area (Å²) < 4.78 is 0. The first-order valence-electron chi connectivity index (χ1n) is 5.89. The van der Waals surface area contributed by atoms with E-state index >= 15 is 0 Å². The van der Waals surface area contributed by atoms with Crippen LogP contribution < -0.4 is 10.7 Å². The standard InChI is InChI=1S/C13H8N8O/c14-3-10(4-15)21-20-9-1-2-12(18-7-9)13(22)19-11-5-16-8-17-6-11/h1-2,5-8,20H,(H,19,22). The molecular formula is C13H8N8O. The summed E-state index contributed by atoms with van der Waals surface area (Å²) in [4.78, 5) is 23.4. The molecular weight excluding hydrogens is 284 g/mol. The van der Waals surface area contributed by atoms with E-state index in [1.54, 1.807) is 18.2 Å². The van der Waals surface area contributed by atoms with Gasteiger partial charge in [0.05, 0.1) is 30.0 Å². The molecule has 0 aliphatic rings. The van der Waals surface area contributed by atoms with Crippen LogP contribution in [0.2, 0.25) is 0 Å². The van der Waals surface area contributed by atoms with E-state index in [-0.39, 0.29) is 11.4 Å². The average molecular weight is 292 g/mol. The molecule has 22 heavy (non-hydrogen) atoms. The molecule has 0 bridgehead atoms. The lowest BCUT2D eigenvalue weighted by atomic mass is 10.3. The zero-order valence-corrected chi connectivity index (χ0v) is 11.1. The Morgan fingerprint density at radius 1 is 1.09 bits per heavy atom. The van der Waals surface area contributed by atoms with Crippen LogP contribution in [0, 0.1) is 22.7 Å². The van der Waals surface area contributed by atoms with Crippen molar-refractivity contribution in [1.82, 2.24) is 15.0 Å². The van der Waals surface area contributed by atoms with Crippen molar-refractivity contribution in [2.75, 3.05) is 10.7 Å². The Morgan fingerprint density at radius 2 is 1.82 bits per heavy atom. The second-order valence-electron chi connectivity index (χ2n) is 3.81. The summed E-state index contributed by atoms with van der Waals surface area (Å²) in [5.41, 5.74) is 3.24. The van der Waals surface area contributed by atoms with Gasteiger partial charge in [0.2, 0.25) is 5.71 Å². The minimum absolute atomic E-state index is 0.180. The quantitative estimate of drug-likeness (QED) is 0.631. The molecule has 9 nitrogen and oxygen atoms in total. The molecule has 2 aromatic heterocycles. The Kier molecular flexibility index (Phi) is 4.68. The number of anilines is 2. The van der Waals surface area contributed by atoms with Crippen LogP contribution >= 0.6 is 0 Å². The van der Waals surface area contributed by atoms with Crippen molar-refractivity contribution in [3.8, 4) is 12.1 Å². The van der Waals surface area contributed by atoms with Crippen LogP contribution in [0.15, 0.2) is 42.2 Å². The van der Waals surface area contributed by atoms with E-state index in [2.05, 4.69) is 30.8 Å². The fourth-order valence-corrected chi connectivity index (χ4v) is 1.35. The minimum Gasteiger partial charge on any atom is -0.318 e. The maximum absolute atomic E-state index is 11.9. The van der Waals surface area contributed by atoms with E-state index in [4.69, 9.17) is 10.5 Å². The largest absolute Gasteiger partial charge is 0.318 e. The van der Waals surface area contributed by atoms with Gasteiger partial charge in [-0.15, -0.1) is 0 Å². The van der Waals surface area contributed by atoms with Crippen molar-refractivity contribution < 1.29 is 4.79 Å². The van der Waals surface area contributed by atoms with Crippen LogP contribution in [-0.2, 0) is 0 Å². The van der Waals surface area contributed by atoms with Gasteiger partial charge in [0, 0.05) is 0 Å². The van der Waals surface area contributed by atoms with Gasteiger partial charge in [-0.25, -0.2) is 15.0 Å². The van der Waals surface area contributed by atoms with E-state index < -0.39 is 5.91 Å². The second-order valence-corrected chi connectivity index (χ2v) is 3.81. The topological polar surface area (TPSA) is 140 Å². The summed E-state index contributed by atoms with van der Waals surface area (Å²) in [6.45, 7) is 0. The molecule has 0 radical (unpaired) electrons. The Morgan fingerprint density at radius 3 is 2.41 bits per heavy atom. The first-order valence-corrected chi connectivity index (χ1v) is 5.89. The third kappa shape index (κ3) is 3.82. The Balaban J connectivity index is 2.03. The second kappa shape index (κ2) is 7.07. The molecule has 2 rings (SSSR count). The molecule has 0 unspecified atom stereocenters. The molecule has 2 N–H and O–H groups in total. The Labute approximate surface area is 125 Å². The number of hydrogen-bond donors (Lipinski definition) is 2. The molecule has 0 aliphatic carbocycles. The maximum Gasteiger partial charge on any atom is 0.274 e. The first kappa shape index (κ1) is 14.6. The molecule has 0 spiro atoms. The highest BCUT2D eigenvalue weighted by Crippen LogP contribution is 2.08. The van der Waals surface area contributed by atoms with Gasteiger partial charge in [-0.3, -0.25) is 10.2 Å². The Bertz CT molecular complexity index is 754. The van der Waals surface area contributed by atoms with Gasteiger partial charge in [0.1, 0.15) is 24.2 Å². The molecule has 0 aliphatic heterocycles. The minimum atomic E-state index is -0.417. The fraction of sp³-hybridized carbons (Fsp3) is 0. The van der Waals surface area contributed by atoms with E-state index in [0.29, 0.717) is 11.4 Å². The number of hydrazone groups is 1. The van der Waals surface area contributed by atoms with Crippen LogP contribution in [0.5, 0.6) is 0 Å². The lowest BCUT2D eigenvalue weighted by molar-refractivity contribution is 0.102. The molecule has 2 heterocycles. The van der Waals surface area contributed by atoms with Crippen LogP contribution in [0.4, 0.5) is 11.4 Å². The van der Waals surface area contributed by atoms with Crippen LogP contribution in [-0.4, -0.2) is 26.6 Å². The average Bonchev–Trinajstić information content (AvgIpc) is 2.57. The fourth-order valence-electron chi connectivity index (χ4n) is 1.35. The summed E-state index contributed by atoms with van der Waals surface area (Å²) in [5, 5.41) is 23.2. The van der Waals surface area contributed by atoms with Crippen LogP contribution in [0.25, 0.3) is 0 Å². The van der Waals surface area contributed by atoms with Gasteiger partial charge in [-0.2, -0.15) is 15.6 Å². The highest BCUT2D eigenvalue weighted by Gasteiger charge is 2.07.